The number of carbonyl (C=O) groups is 3. The number of hydrogen-bond donors (Lipinski definition) is 4. The van der Waals surface area contributed by atoms with Gasteiger partial charge >= 0.3 is 0 Å². The molecular formula is C28H32N4O5S2. The lowest BCUT2D eigenvalue weighted by Crippen LogP contribution is -2.58. The summed E-state index contributed by atoms with van der Waals surface area (Å²) in [6.07, 6.45) is 0.228. The van der Waals surface area contributed by atoms with E-state index in [9.17, 15) is 24.6 Å². The minimum Gasteiger partial charge on any atom is -0.508 e. The lowest BCUT2D eigenvalue weighted by Gasteiger charge is -2.33. The zero-order chi connectivity index (χ0) is 28.2. The molecule has 39 heavy (non-hydrogen) atoms. The third kappa shape index (κ3) is 6.60. The molecule has 3 unspecified atom stereocenters. The number of phenolic OH excluding ortho intramolecular Hbond substituents is 1. The van der Waals surface area contributed by atoms with Crippen LogP contribution in [0.2, 0.25) is 0 Å². The number of nitrogens with one attached hydrogen (secondary N) is 2. The van der Waals surface area contributed by atoms with Gasteiger partial charge in [-0.15, -0.1) is 23.1 Å². The van der Waals surface area contributed by atoms with Crippen molar-refractivity contribution in [2.24, 2.45) is 0 Å². The second-order valence-electron chi connectivity index (χ2n) is 9.90. The van der Waals surface area contributed by atoms with Gasteiger partial charge in [0.15, 0.2) is 6.10 Å². The van der Waals surface area contributed by atoms with E-state index in [0.717, 1.165) is 10.6 Å². The average Bonchev–Trinajstić information content (AvgIpc) is 3.55. The van der Waals surface area contributed by atoms with Gasteiger partial charge in [-0.2, -0.15) is 0 Å². The standard InChI is InChI=1S/C28H32N4O5S2/c1-17-19(10-7-11-21(17)33)25(35)31-20(14-18-8-5-4-6-9-18)23(34)27(37)32-16-39-28(2,3)24(32)26(36)30-15-22-29-12-13-38-22/h4-13,20,23-24,33-34H,14-16H2,1-3H3,(H,30,36)(H,31,35). The van der Waals surface area contributed by atoms with Gasteiger partial charge in [-0.1, -0.05) is 36.4 Å². The number of thiazole rings is 1. The number of phenols is 1. The largest absolute Gasteiger partial charge is 0.508 e. The molecule has 1 saturated heterocycles. The molecule has 9 nitrogen and oxygen atoms in total. The number of nitrogens with zero attached hydrogens (tertiary/aromatic N) is 2. The molecule has 0 spiro atoms. The Bertz CT molecular complexity index is 1320. The fourth-order valence-electron chi connectivity index (χ4n) is 4.58. The second kappa shape index (κ2) is 12.2. The SMILES string of the molecule is Cc1c(O)cccc1C(=O)NC(Cc1ccccc1)C(O)C(=O)N1CSC(C)(C)C1C(=O)NCc1nccs1. The smallest absolute Gasteiger partial charge is 0.254 e. The zero-order valence-corrected chi connectivity index (χ0v) is 23.6. The van der Waals surface area contributed by atoms with Gasteiger partial charge in [0.05, 0.1) is 18.5 Å². The highest BCUT2D eigenvalue weighted by Gasteiger charge is 2.49. The highest BCUT2D eigenvalue weighted by Crippen LogP contribution is 2.40. The number of aliphatic hydroxyl groups is 1. The number of hydrogen-bond acceptors (Lipinski definition) is 8. The van der Waals surface area contributed by atoms with E-state index in [-0.39, 0.29) is 36.1 Å². The van der Waals surface area contributed by atoms with Crippen molar-refractivity contribution < 1.29 is 24.6 Å². The molecule has 1 aromatic heterocycles. The number of benzene rings is 2. The molecule has 206 valence electrons. The Labute approximate surface area is 235 Å². The molecule has 1 fully saturated rings. The van der Waals surface area contributed by atoms with E-state index in [1.807, 2.05) is 49.6 Å². The first-order valence-corrected chi connectivity index (χ1v) is 14.4. The van der Waals surface area contributed by atoms with Crippen molar-refractivity contribution in [1.82, 2.24) is 20.5 Å². The van der Waals surface area contributed by atoms with Crippen LogP contribution >= 0.6 is 23.1 Å². The fourth-order valence-corrected chi connectivity index (χ4v) is 6.28. The summed E-state index contributed by atoms with van der Waals surface area (Å²) < 4.78 is -0.598. The van der Waals surface area contributed by atoms with E-state index < -0.39 is 34.7 Å². The molecule has 1 aliphatic heterocycles. The van der Waals surface area contributed by atoms with E-state index in [0.29, 0.717) is 5.56 Å². The predicted molar refractivity (Wildman–Crippen MR) is 151 cm³/mol. The number of aromatic nitrogens is 1. The fraction of sp³-hybridized carbons (Fsp3) is 0.357. The minimum atomic E-state index is -1.62. The first-order chi connectivity index (χ1) is 18.6. The lowest BCUT2D eigenvalue weighted by atomic mass is 9.96. The van der Waals surface area contributed by atoms with Gasteiger partial charge in [-0.3, -0.25) is 14.4 Å². The van der Waals surface area contributed by atoms with Crippen molar-refractivity contribution in [2.45, 2.75) is 56.7 Å². The van der Waals surface area contributed by atoms with E-state index in [2.05, 4.69) is 15.6 Å². The van der Waals surface area contributed by atoms with Gasteiger partial charge in [0.2, 0.25) is 5.91 Å². The van der Waals surface area contributed by atoms with Gasteiger partial charge in [0.25, 0.3) is 11.8 Å². The molecule has 3 atom stereocenters. The molecule has 1 aliphatic rings. The Morgan fingerprint density at radius 3 is 2.59 bits per heavy atom. The summed E-state index contributed by atoms with van der Waals surface area (Å²) in [7, 11) is 0. The number of aromatic hydroxyl groups is 1. The summed E-state index contributed by atoms with van der Waals surface area (Å²) in [6, 6.07) is 12.0. The number of rotatable bonds is 9. The normalized spacial score (nSPS) is 17.8. The Morgan fingerprint density at radius 1 is 1.15 bits per heavy atom. The zero-order valence-electron chi connectivity index (χ0n) is 22.0. The molecular weight excluding hydrogens is 536 g/mol. The summed E-state index contributed by atoms with van der Waals surface area (Å²) in [5.74, 6) is -1.31. The number of carbonyl (C=O) groups excluding carboxylic acids is 3. The van der Waals surface area contributed by atoms with Crippen LogP contribution in [-0.4, -0.2) is 66.6 Å². The van der Waals surface area contributed by atoms with Crippen molar-refractivity contribution in [3.8, 4) is 5.75 Å². The molecule has 0 saturated carbocycles. The number of amides is 3. The van der Waals surface area contributed by atoms with Crippen LogP contribution in [0.5, 0.6) is 5.75 Å². The maximum absolute atomic E-state index is 13.7. The lowest BCUT2D eigenvalue weighted by molar-refractivity contribution is -0.147. The number of aliphatic hydroxyl groups excluding tert-OH is 1. The molecule has 11 heteroatoms. The van der Waals surface area contributed by atoms with Crippen LogP contribution in [-0.2, 0) is 22.6 Å². The Hall–Kier alpha value is -3.41. The quantitative estimate of drug-likeness (QED) is 0.312. The van der Waals surface area contributed by atoms with E-state index in [4.69, 9.17) is 0 Å². The maximum Gasteiger partial charge on any atom is 0.254 e. The molecule has 0 aliphatic carbocycles. The predicted octanol–water partition coefficient (Wildman–Crippen LogP) is 2.86. The van der Waals surface area contributed by atoms with Crippen LogP contribution in [0.15, 0.2) is 60.1 Å². The Kier molecular flexibility index (Phi) is 8.94. The first kappa shape index (κ1) is 28.6. The van der Waals surface area contributed by atoms with Crippen molar-refractivity contribution in [3.63, 3.8) is 0 Å². The van der Waals surface area contributed by atoms with Crippen LogP contribution in [0.1, 0.15) is 40.3 Å². The molecule has 4 N–H and O–H groups in total. The van der Waals surface area contributed by atoms with E-state index in [1.54, 1.807) is 25.3 Å². The highest BCUT2D eigenvalue weighted by atomic mass is 32.2. The topological polar surface area (TPSA) is 132 Å². The Balaban J connectivity index is 1.56. The van der Waals surface area contributed by atoms with Crippen molar-refractivity contribution in [1.29, 1.82) is 0 Å². The third-order valence-electron chi connectivity index (χ3n) is 6.77. The third-order valence-corrected chi connectivity index (χ3v) is 8.93. The van der Waals surface area contributed by atoms with Gasteiger partial charge in [-0.25, -0.2) is 4.98 Å². The molecule has 0 radical (unpaired) electrons. The van der Waals surface area contributed by atoms with Gasteiger partial charge in [-0.05, 0) is 44.9 Å². The molecule has 3 amide bonds. The van der Waals surface area contributed by atoms with Crippen LogP contribution in [0.25, 0.3) is 0 Å². The summed E-state index contributed by atoms with van der Waals surface area (Å²) in [5, 5.41) is 29.7. The van der Waals surface area contributed by atoms with Crippen molar-refractivity contribution >= 4 is 40.8 Å². The van der Waals surface area contributed by atoms with E-state index in [1.165, 1.54) is 34.1 Å². The Morgan fingerprint density at radius 2 is 1.90 bits per heavy atom. The molecule has 2 heterocycles. The van der Waals surface area contributed by atoms with Crippen LogP contribution in [0.4, 0.5) is 0 Å². The summed E-state index contributed by atoms with van der Waals surface area (Å²) in [5.41, 5.74) is 1.45. The van der Waals surface area contributed by atoms with Crippen molar-refractivity contribution in [3.05, 3.63) is 81.8 Å². The molecule has 0 bridgehead atoms. The molecule has 2 aromatic carbocycles. The maximum atomic E-state index is 13.7. The van der Waals surface area contributed by atoms with Crippen LogP contribution < -0.4 is 10.6 Å². The first-order valence-electron chi connectivity index (χ1n) is 12.5. The summed E-state index contributed by atoms with van der Waals surface area (Å²) in [6.45, 7) is 5.64. The van der Waals surface area contributed by atoms with Gasteiger partial charge in [0, 0.05) is 27.5 Å². The summed E-state index contributed by atoms with van der Waals surface area (Å²) in [4.78, 5) is 45.8. The molecule has 3 aromatic rings. The second-order valence-corrected chi connectivity index (χ2v) is 12.5. The van der Waals surface area contributed by atoms with Gasteiger partial charge in [0.1, 0.15) is 16.8 Å². The monoisotopic (exact) mass is 568 g/mol. The van der Waals surface area contributed by atoms with E-state index >= 15 is 0 Å². The van der Waals surface area contributed by atoms with Crippen molar-refractivity contribution in [2.75, 3.05) is 5.88 Å². The van der Waals surface area contributed by atoms with Gasteiger partial charge < -0.3 is 25.7 Å². The minimum absolute atomic E-state index is 0.0261. The van der Waals surface area contributed by atoms with Crippen LogP contribution in [0.3, 0.4) is 0 Å². The molecule has 4 rings (SSSR count). The highest BCUT2D eigenvalue weighted by molar-refractivity contribution is 8.00. The average molecular weight is 569 g/mol. The summed E-state index contributed by atoms with van der Waals surface area (Å²) >= 11 is 2.87. The number of thioether (sulfide) groups is 1. The van der Waals surface area contributed by atoms with Crippen LogP contribution in [0, 0.1) is 6.92 Å².